The molecule has 3 aromatic rings. The van der Waals surface area contributed by atoms with Gasteiger partial charge in [-0.2, -0.15) is 8.78 Å². The quantitative estimate of drug-likeness (QED) is 0.651. The molecule has 0 radical (unpaired) electrons. The largest absolute Gasteiger partial charge is 0.505 e. The van der Waals surface area contributed by atoms with Gasteiger partial charge in [0.05, 0.1) is 19.0 Å². The number of ether oxygens (including phenoxy) is 2. The van der Waals surface area contributed by atoms with Gasteiger partial charge < -0.3 is 14.6 Å². The lowest BCUT2D eigenvalue weighted by molar-refractivity contribution is -0.139. The molecular formula is C20H16F3NO5. The Bertz CT molecular complexity index is 1090. The number of hydrogen-bond acceptors (Lipinski definition) is 5. The number of carbonyl (C=O) groups excluding carboxylic acids is 2. The first-order chi connectivity index (χ1) is 13.7. The average molecular weight is 407 g/mol. The molecule has 0 saturated carbocycles. The van der Waals surface area contributed by atoms with Crippen LogP contribution in [0.3, 0.4) is 0 Å². The highest BCUT2D eigenvalue weighted by Crippen LogP contribution is 2.32. The van der Waals surface area contributed by atoms with Crippen LogP contribution in [0.4, 0.5) is 13.2 Å². The molecule has 0 aliphatic carbocycles. The summed E-state index contributed by atoms with van der Waals surface area (Å²) in [5, 5.41) is 10.0. The highest BCUT2D eigenvalue weighted by atomic mass is 19.3. The van der Waals surface area contributed by atoms with E-state index in [1.807, 2.05) is 0 Å². The number of benzene rings is 2. The van der Waals surface area contributed by atoms with Crippen molar-refractivity contribution in [2.45, 2.75) is 20.0 Å². The summed E-state index contributed by atoms with van der Waals surface area (Å²) in [4.78, 5) is 24.8. The molecule has 1 aromatic heterocycles. The SMILES string of the molecule is COC(=O)Cc1c(C)n(C(=O)c2ccc(OC(F)F)cc2)c2cc(F)c(O)cc12. The van der Waals surface area contributed by atoms with Crippen molar-refractivity contribution >= 4 is 22.8 Å². The summed E-state index contributed by atoms with van der Waals surface area (Å²) >= 11 is 0. The molecule has 1 N–H and O–H groups in total. The van der Waals surface area contributed by atoms with Crippen molar-refractivity contribution in [1.82, 2.24) is 4.57 Å². The summed E-state index contributed by atoms with van der Waals surface area (Å²) in [6.07, 6.45) is -0.189. The molecule has 0 saturated heterocycles. The lowest BCUT2D eigenvalue weighted by Gasteiger charge is -2.09. The molecule has 0 aliphatic heterocycles. The number of hydrogen-bond donors (Lipinski definition) is 1. The van der Waals surface area contributed by atoms with Crippen molar-refractivity contribution in [2.75, 3.05) is 7.11 Å². The number of nitrogens with zero attached hydrogens (tertiary/aromatic N) is 1. The lowest BCUT2D eigenvalue weighted by atomic mass is 10.1. The molecule has 0 bridgehead atoms. The van der Waals surface area contributed by atoms with Crippen molar-refractivity contribution in [1.29, 1.82) is 0 Å². The maximum Gasteiger partial charge on any atom is 0.387 e. The Morgan fingerprint density at radius 3 is 2.41 bits per heavy atom. The fourth-order valence-corrected chi connectivity index (χ4v) is 3.10. The second kappa shape index (κ2) is 7.86. The fraction of sp³-hybridized carbons (Fsp3) is 0.200. The second-order valence-electron chi connectivity index (χ2n) is 6.18. The summed E-state index contributed by atoms with van der Waals surface area (Å²) in [7, 11) is 1.21. The van der Waals surface area contributed by atoms with Gasteiger partial charge in [0, 0.05) is 22.7 Å². The lowest BCUT2D eigenvalue weighted by Crippen LogP contribution is -2.14. The molecule has 0 unspecified atom stereocenters. The maximum absolute atomic E-state index is 14.0. The van der Waals surface area contributed by atoms with E-state index in [9.17, 15) is 27.9 Å². The Balaban J connectivity index is 2.12. The van der Waals surface area contributed by atoms with Crippen molar-refractivity contribution in [3.8, 4) is 11.5 Å². The van der Waals surface area contributed by atoms with Gasteiger partial charge in [0.2, 0.25) is 0 Å². The van der Waals surface area contributed by atoms with Gasteiger partial charge in [-0.3, -0.25) is 14.2 Å². The van der Waals surface area contributed by atoms with Crippen LogP contribution in [0.25, 0.3) is 10.9 Å². The summed E-state index contributed by atoms with van der Waals surface area (Å²) in [6.45, 7) is -1.43. The minimum Gasteiger partial charge on any atom is -0.505 e. The Labute approximate surface area is 163 Å². The number of phenols is 1. The number of methoxy groups -OCH3 is 1. The number of alkyl halides is 2. The average Bonchev–Trinajstić information content (AvgIpc) is 2.92. The van der Waals surface area contributed by atoms with Crippen LogP contribution >= 0.6 is 0 Å². The van der Waals surface area contributed by atoms with Crippen LogP contribution in [-0.4, -0.2) is 35.3 Å². The number of aromatic nitrogens is 1. The molecule has 0 fully saturated rings. The minimum absolute atomic E-state index is 0.118. The number of esters is 1. The first-order valence-corrected chi connectivity index (χ1v) is 8.41. The molecule has 2 aromatic carbocycles. The van der Waals surface area contributed by atoms with Gasteiger partial charge in [-0.15, -0.1) is 0 Å². The highest BCUT2D eigenvalue weighted by molar-refractivity contribution is 6.05. The van der Waals surface area contributed by atoms with E-state index < -0.39 is 30.1 Å². The summed E-state index contributed by atoms with van der Waals surface area (Å²) in [5.74, 6) is -2.82. The van der Waals surface area contributed by atoms with Gasteiger partial charge in [0.25, 0.3) is 5.91 Å². The zero-order valence-corrected chi connectivity index (χ0v) is 15.4. The third-order valence-electron chi connectivity index (χ3n) is 4.48. The van der Waals surface area contributed by atoms with E-state index in [0.717, 1.165) is 12.1 Å². The normalized spacial score (nSPS) is 11.1. The predicted octanol–water partition coefficient (Wildman–Crippen LogP) is 3.80. The van der Waals surface area contributed by atoms with E-state index in [0.29, 0.717) is 16.6 Å². The molecule has 0 spiro atoms. The predicted molar refractivity (Wildman–Crippen MR) is 96.8 cm³/mol. The van der Waals surface area contributed by atoms with E-state index in [1.54, 1.807) is 6.92 Å². The first kappa shape index (κ1) is 20.2. The summed E-state index contributed by atoms with van der Waals surface area (Å²) in [6, 6.07) is 7.14. The standard InChI is InChI=1S/C20H16F3NO5/c1-10-13(8-18(26)28-2)14-7-17(25)15(21)9-16(14)24(10)19(27)11-3-5-12(6-4-11)29-20(22)23/h3-7,9,20,25H,8H2,1-2H3. The number of aromatic hydroxyl groups is 1. The van der Waals surface area contributed by atoms with Crippen LogP contribution < -0.4 is 4.74 Å². The van der Waals surface area contributed by atoms with Crippen LogP contribution in [-0.2, 0) is 16.0 Å². The van der Waals surface area contributed by atoms with Gasteiger partial charge in [0.15, 0.2) is 11.6 Å². The minimum atomic E-state index is -3.00. The van der Waals surface area contributed by atoms with Crippen LogP contribution in [0.15, 0.2) is 36.4 Å². The van der Waals surface area contributed by atoms with Crippen molar-refractivity contribution in [3.63, 3.8) is 0 Å². The third-order valence-corrected chi connectivity index (χ3v) is 4.48. The first-order valence-electron chi connectivity index (χ1n) is 8.41. The van der Waals surface area contributed by atoms with Gasteiger partial charge in [-0.1, -0.05) is 0 Å². The molecule has 3 rings (SSSR count). The second-order valence-corrected chi connectivity index (χ2v) is 6.18. The van der Waals surface area contributed by atoms with E-state index >= 15 is 0 Å². The maximum atomic E-state index is 14.0. The van der Waals surface area contributed by atoms with Crippen molar-refractivity contribution < 1.29 is 37.3 Å². The van der Waals surface area contributed by atoms with Crippen LogP contribution in [0.5, 0.6) is 11.5 Å². The van der Waals surface area contributed by atoms with Gasteiger partial charge in [0.1, 0.15) is 5.75 Å². The van der Waals surface area contributed by atoms with Crippen LogP contribution in [0.1, 0.15) is 21.6 Å². The summed E-state index contributed by atoms with van der Waals surface area (Å²) in [5.41, 5.74) is 1.03. The Kier molecular flexibility index (Phi) is 5.49. The molecule has 0 amide bonds. The van der Waals surface area contributed by atoms with Gasteiger partial charge in [-0.25, -0.2) is 4.39 Å². The van der Waals surface area contributed by atoms with Crippen LogP contribution in [0, 0.1) is 12.7 Å². The smallest absolute Gasteiger partial charge is 0.387 e. The summed E-state index contributed by atoms with van der Waals surface area (Å²) < 4.78 is 48.7. The fourth-order valence-electron chi connectivity index (χ4n) is 3.10. The van der Waals surface area contributed by atoms with E-state index in [4.69, 9.17) is 0 Å². The number of fused-ring (bicyclic) bond motifs is 1. The molecule has 152 valence electrons. The molecular weight excluding hydrogens is 391 g/mol. The van der Waals surface area contributed by atoms with E-state index in [2.05, 4.69) is 9.47 Å². The zero-order valence-electron chi connectivity index (χ0n) is 15.4. The zero-order chi connectivity index (χ0) is 21.3. The molecule has 0 atom stereocenters. The number of rotatable bonds is 5. The van der Waals surface area contributed by atoms with Crippen molar-refractivity contribution in [2.24, 2.45) is 0 Å². The molecule has 0 aliphatic rings. The van der Waals surface area contributed by atoms with Gasteiger partial charge >= 0.3 is 12.6 Å². The Morgan fingerprint density at radius 2 is 1.83 bits per heavy atom. The molecule has 1 heterocycles. The number of halogens is 3. The topological polar surface area (TPSA) is 77.8 Å². The number of carbonyl (C=O) groups is 2. The number of phenolic OH excluding ortho intramolecular Hbond substituents is 1. The third kappa shape index (κ3) is 3.89. The highest BCUT2D eigenvalue weighted by Gasteiger charge is 2.23. The van der Waals surface area contributed by atoms with Crippen molar-refractivity contribution in [3.05, 3.63) is 59.0 Å². The molecule has 6 nitrogen and oxygen atoms in total. The van der Waals surface area contributed by atoms with E-state index in [1.165, 1.54) is 35.9 Å². The van der Waals surface area contributed by atoms with Crippen LogP contribution in [0.2, 0.25) is 0 Å². The Morgan fingerprint density at radius 1 is 1.17 bits per heavy atom. The Hall–Kier alpha value is -3.49. The van der Waals surface area contributed by atoms with Gasteiger partial charge in [-0.05, 0) is 42.8 Å². The molecule has 29 heavy (non-hydrogen) atoms. The van der Waals surface area contributed by atoms with E-state index in [-0.39, 0.29) is 23.3 Å². The monoisotopic (exact) mass is 407 g/mol. The molecule has 9 heteroatoms.